The van der Waals surface area contributed by atoms with Crippen molar-refractivity contribution in [3.8, 4) is 17.2 Å². The molecule has 3 rings (SSSR count). The Hall–Kier alpha value is -4.30. The Morgan fingerprint density at radius 3 is 1.49 bits per heavy atom. The van der Waals surface area contributed by atoms with E-state index in [1.807, 2.05) is 0 Å². The van der Waals surface area contributed by atoms with Crippen LogP contribution in [0, 0.1) is 13.8 Å². The lowest BCUT2D eigenvalue weighted by Gasteiger charge is -2.12. The van der Waals surface area contributed by atoms with Gasteiger partial charge in [0.1, 0.15) is 33.5 Å². The maximum absolute atomic E-state index is 12.2. The normalized spacial score (nSPS) is 12.8. The molecule has 0 aromatic heterocycles. The predicted molar refractivity (Wildman–Crippen MR) is 191 cm³/mol. The van der Waals surface area contributed by atoms with Crippen molar-refractivity contribution in [3.05, 3.63) is 53.6 Å². The first-order valence-corrected chi connectivity index (χ1v) is 21.5. The van der Waals surface area contributed by atoms with Gasteiger partial charge in [-0.05, 0) is 68.5 Å². The molecule has 0 fully saturated rings. The van der Waals surface area contributed by atoms with E-state index in [0.717, 1.165) is 6.07 Å². The van der Waals surface area contributed by atoms with Crippen LogP contribution in [0.3, 0.4) is 0 Å². The standard InChI is InChI=1S/C29H37N5O15S4/c1-19-14-22(30)27(48-9-4-12-51(38,39)40)17-24(19)33-34-26-15-20(2)25(18-28(26)49-10-5-13-52(41,42)43)32-31-23-7-6-21(16-29(23)53(44,45)46)47-8-3-11-50(35,36)37/h6-7,14-18H,3-5,8-13,30H2,1-2H3,(H,35,36,37)(H,38,39,40)(H,41,42,43)(H,44,45,46). The second-order valence-electron chi connectivity index (χ2n) is 11.3. The fourth-order valence-electron chi connectivity index (χ4n) is 4.26. The minimum atomic E-state index is -4.86. The summed E-state index contributed by atoms with van der Waals surface area (Å²) in [5, 5.41) is 16.6. The van der Waals surface area contributed by atoms with Crippen molar-refractivity contribution in [3.63, 3.8) is 0 Å². The number of azo groups is 2. The third-order valence-corrected chi connectivity index (χ3v) is 10.1. The summed E-state index contributed by atoms with van der Waals surface area (Å²) in [4.78, 5) is -0.682. The number of hydrogen-bond donors (Lipinski definition) is 5. The van der Waals surface area contributed by atoms with Crippen molar-refractivity contribution >= 4 is 68.9 Å². The first kappa shape index (κ1) is 43.1. The number of benzene rings is 3. The van der Waals surface area contributed by atoms with Crippen LogP contribution in [0.1, 0.15) is 30.4 Å². The average Bonchev–Trinajstić information content (AvgIpc) is 3.02. The zero-order valence-corrected chi connectivity index (χ0v) is 31.5. The molecule has 292 valence electrons. The molecule has 0 radical (unpaired) electrons. The molecular formula is C29H37N5O15S4. The molecule has 0 amide bonds. The molecule has 6 N–H and O–H groups in total. The Balaban J connectivity index is 1.94. The second kappa shape index (κ2) is 18.2. The number of nitrogen functional groups attached to an aromatic ring is 1. The van der Waals surface area contributed by atoms with Gasteiger partial charge < -0.3 is 19.9 Å². The number of nitrogens with zero attached hydrogens (tertiary/aromatic N) is 4. The molecule has 0 aliphatic rings. The lowest BCUT2D eigenvalue weighted by molar-refractivity contribution is 0.315. The molecule has 3 aromatic carbocycles. The number of hydrogen-bond acceptors (Lipinski definition) is 16. The first-order valence-electron chi connectivity index (χ1n) is 15.2. The SMILES string of the molecule is Cc1cc(N)c(OCCCS(=O)(=O)O)cc1N=Nc1cc(C)c(N=Nc2ccc(OCCCS(=O)(=O)O)cc2S(=O)(=O)O)cc1OCCCS(=O)(=O)O. The van der Waals surface area contributed by atoms with Gasteiger partial charge in [0.25, 0.3) is 40.5 Å². The largest absolute Gasteiger partial charge is 0.494 e. The van der Waals surface area contributed by atoms with Crippen LogP contribution in [0.25, 0.3) is 0 Å². The van der Waals surface area contributed by atoms with Crippen LogP contribution in [0.15, 0.2) is 67.8 Å². The highest BCUT2D eigenvalue weighted by molar-refractivity contribution is 7.86. The summed E-state index contributed by atoms with van der Waals surface area (Å²) in [5.41, 5.74) is 7.53. The number of anilines is 1. The van der Waals surface area contributed by atoms with Gasteiger partial charge in [-0.15, -0.1) is 10.2 Å². The molecule has 24 heteroatoms. The number of ether oxygens (including phenoxy) is 3. The number of nitrogens with two attached hydrogens (primary N) is 1. The van der Waals surface area contributed by atoms with Crippen LogP contribution in [-0.4, -0.2) is 89.0 Å². The van der Waals surface area contributed by atoms with Gasteiger partial charge >= 0.3 is 0 Å². The van der Waals surface area contributed by atoms with Crippen LogP contribution in [0.5, 0.6) is 17.2 Å². The van der Waals surface area contributed by atoms with Crippen molar-refractivity contribution in [1.29, 1.82) is 0 Å². The monoisotopic (exact) mass is 823 g/mol. The van der Waals surface area contributed by atoms with Gasteiger partial charge in [0.2, 0.25) is 0 Å². The van der Waals surface area contributed by atoms with E-state index in [2.05, 4.69) is 20.5 Å². The van der Waals surface area contributed by atoms with Crippen molar-refractivity contribution in [2.24, 2.45) is 20.5 Å². The Bertz CT molecular complexity index is 2300. The van der Waals surface area contributed by atoms with Gasteiger partial charge in [0, 0.05) is 18.2 Å². The van der Waals surface area contributed by atoms with E-state index in [-0.39, 0.29) is 79.1 Å². The fraction of sp³-hybridized carbons (Fsp3) is 0.379. The molecule has 3 aromatic rings. The third-order valence-electron chi connectivity index (χ3n) is 6.77. The van der Waals surface area contributed by atoms with Gasteiger partial charge in [-0.3, -0.25) is 18.2 Å². The molecule has 0 atom stereocenters. The highest BCUT2D eigenvalue weighted by Gasteiger charge is 2.18. The van der Waals surface area contributed by atoms with E-state index in [4.69, 9.17) is 33.6 Å². The Morgan fingerprint density at radius 2 is 0.981 bits per heavy atom. The van der Waals surface area contributed by atoms with Gasteiger partial charge in [-0.1, -0.05) is 0 Å². The van der Waals surface area contributed by atoms with Crippen LogP contribution in [0.2, 0.25) is 0 Å². The zero-order valence-electron chi connectivity index (χ0n) is 28.2. The van der Waals surface area contributed by atoms with E-state index < -0.39 is 62.6 Å². The highest BCUT2D eigenvalue weighted by Crippen LogP contribution is 2.39. The molecule has 0 aliphatic carbocycles. The maximum atomic E-state index is 12.2. The van der Waals surface area contributed by atoms with Crippen molar-refractivity contribution in [2.75, 3.05) is 42.8 Å². The lowest BCUT2D eigenvalue weighted by Crippen LogP contribution is -2.09. The van der Waals surface area contributed by atoms with Crippen LogP contribution < -0.4 is 19.9 Å². The minimum absolute atomic E-state index is 0.0108. The molecule has 0 heterocycles. The van der Waals surface area contributed by atoms with Crippen LogP contribution >= 0.6 is 0 Å². The molecule has 0 bridgehead atoms. The van der Waals surface area contributed by atoms with Gasteiger partial charge in [-0.25, -0.2) is 0 Å². The molecule has 0 saturated carbocycles. The molecule has 0 saturated heterocycles. The summed E-state index contributed by atoms with van der Waals surface area (Å²) in [6.07, 6.45) is -0.228. The van der Waals surface area contributed by atoms with E-state index in [9.17, 15) is 38.2 Å². The van der Waals surface area contributed by atoms with E-state index >= 15 is 0 Å². The summed E-state index contributed by atoms with van der Waals surface area (Å²) < 4.78 is 144. The molecule has 0 spiro atoms. The van der Waals surface area contributed by atoms with E-state index in [0.29, 0.717) is 16.8 Å². The minimum Gasteiger partial charge on any atom is -0.494 e. The Kier molecular flexibility index (Phi) is 14.8. The van der Waals surface area contributed by atoms with Gasteiger partial charge in [-0.2, -0.15) is 43.9 Å². The first-order chi connectivity index (χ1) is 24.5. The molecular weight excluding hydrogens is 787 g/mol. The Morgan fingerprint density at radius 1 is 0.547 bits per heavy atom. The summed E-state index contributed by atoms with van der Waals surface area (Å²) in [5.74, 6) is -1.54. The average molecular weight is 824 g/mol. The van der Waals surface area contributed by atoms with Crippen molar-refractivity contribution < 1.29 is 66.1 Å². The molecule has 20 nitrogen and oxygen atoms in total. The highest BCUT2D eigenvalue weighted by atomic mass is 32.2. The van der Waals surface area contributed by atoms with Crippen LogP contribution in [0.4, 0.5) is 28.4 Å². The number of rotatable bonds is 20. The summed E-state index contributed by atoms with van der Waals surface area (Å²) >= 11 is 0. The summed E-state index contributed by atoms with van der Waals surface area (Å²) in [6.45, 7) is 2.81. The zero-order chi connectivity index (χ0) is 39.6. The third kappa shape index (κ3) is 15.3. The van der Waals surface area contributed by atoms with Crippen LogP contribution in [-0.2, 0) is 40.5 Å². The lowest BCUT2D eigenvalue weighted by atomic mass is 10.1. The molecule has 0 unspecified atom stereocenters. The molecule has 53 heavy (non-hydrogen) atoms. The Labute approximate surface area is 306 Å². The number of aryl methyl sites for hydroxylation is 2. The van der Waals surface area contributed by atoms with E-state index in [1.54, 1.807) is 19.9 Å². The van der Waals surface area contributed by atoms with Crippen molar-refractivity contribution in [2.45, 2.75) is 38.0 Å². The topological polar surface area (TPSA) is 321 Å². The van der Waals surface area contributed by atoms with Gasteiger partial charge in [0.15, 0.2) is 0 Å². The van der Waals surface area contributed by atoms with E-state index in [1.165, 1.54) is 30.3 Å². The van der Waals surface area contributed by atoms with Gasteiger partial charge in [0.05, 0.1) is 54.1 Å². The van der Waals surface area contributed by atoms with Crippen molar-refractivity contribution in [1.82, 2.24) is 0 Å². The molecule has 0 aliphatic heterocycles. The quantitative estimate of drug-likeness (QED) is 0.0436. The second-order valence-corrected chi connectivity index (χ2v) is 17.4. The summed E-state index contributed by atoms with van der Waals surface area (Å²) in [6, 6.07) is 9.29. The maximum Gasteiger partial charge on any atom is 0.296 e. The smallest absolute Gasteiger partial charge is 0.296 e. The predicted octanol–water partition coefficient (Wildman–Crippen LogP) is 4.93. The fourth-order valence-corrected chi connectivity index (χ4v) is 6.35. The summed E-state index contributed by atoms with van der Waals surface area (Å²) in [7, 11) is -17.5.